The Kier molecular flexibility index (Phi) is 6.92. The maximum absolute atomic E-state index is 12.9. The zero-order valence-electron chi connectivity index (χ0n) is 18.4. The van der Waals surface area contributed by atoms with Crippen molar-refractivity contribution in [2.24, 2.45) is 5.92 Å². The van der Waals surface area contributed by atoms with Crippen LogP contribution in [-0.4, -0.2) is 44.7 Å². The van der Waals surface area contributed by atoms with E-state index in [-0.39, 0.29) is 5.91 Å². The number of carbonyl (C=O) groups excluding carboxylic acids is 1. The topological polar surface area (TPSA) is 81.4 Å². The lowest BCUT2D eigenvalue weighted by Crippen LogP contribution is -2.28. The molecule has 0 atom stereocenters. The van der Waals surface area contributed by atoms with E-state index in [1.54, 1.807) is 23.1 Å². The molecule has 1 aliphatic rings. The first-order valence-corrected chi connectivity index (χ1v) is 11.3. The van der Waals surface area contributed by atoms with Gasteiger partial charge in [-0.2, -0.15) is 5.10 Å². The number of pyridine rings is 1. The van der Waals surface area contributed by atoms with Crippen LogP contribution in [0.15, 0.2) is 36.8 Å². The van der Waals surface area contributed by atoms with Crippen LogP contribution in [0.4, 0.5) is 0 Å². The van der Waals surface area contributed by atoms with Crippen LogP contribution in [0.3, 0.4) is 0 Å². The minimum absolute atomic E-state index is 0.120. The molecule has 0 radical (unpaired) electrons. The van der Waals surface area contributed by atoms with Crippen molar-refractivity contribution in [3.63, 3.8) is 0 Å². The number of nitrogens with zero attached hydrogens (tertiary/aromatic N) is 4. The molecule has 3 heterocycles. The molecule has 1 amide bonds. The van der Waals surface area contributed by atoms with Gasteiger partial charge < -0.3 is 10.1 Å². The fourth-order valence-electron chi connectivity index (χ4n) is 4.29. The number of hydrogen-bond acceptors (Lipinski definition) is 5. The number of fused-ring (bicyclic) bond motifs is 1. The van der Waals surface area contributed by atoms with Gasteiger partial charge in [-0.05, 0) is 69.6 Å². The summed E-state index contributed by atoms with van der Waals surface area (Å²) < 4.78 is 7.59. The third-order valence-corrected chi connectivity index (χ3v) is 6.04. The molecule has 1 saturated carbocycles. The standard InChI is InChI=1S/C24H31N5O2/c1-3-13-31-20-8-6-18(7-9-20)10-12-26-24(30)21-16-27-29-17(2)14-22(28-23(21)29)19-5-4-11-25-15-19/h4-5,11,14-16,18,20H,3,6-10,12-13H2,1-2H3,(H,26,30). The van der Waals surface area contributed by atoms with E-state index in [0.29, 0.717) is 29.8 Å². The van der Waals surface area contributed by atoms with E-state index in [9.17, 15) is 4.79 Å². The van der Waals surface area contributed by atoms with Gasteiger partial charge in [0.15, 0.2) is 5.65 Å². The highest BCUT2D eigenvalue weighted by atomic mass is 16.5. The van der Waals surface area contributed by atoms with Crippen LogP contribution in [0.2, 0.25) is 0 Å². The highest BCUT2D eigenvalue weighted by molar-refractivity contribution is 5.99. The van der Waals surface area contributed by atoms with E-state index < -0.39 is 0 Å². The fourth-order valence-corrected chi connectivity index (χ4v) is 4.29. The van der Waals surface area contributed by atoms with Crippen molar-refractivity contribution < 1.29 is 9.53 Å². The molecule has 0 spiro atoms. The lowest BCUT2D eigenvalue weighted by molar-refractivity contribution is 0.0177. The van der Waals surface area contributed by atoms with Gasteiger partial charge in [-0.15, -0.1) is 0 Å². The largest absolute Gasteiger partial charge is 0.378 e. The van der Waals surface area contributed by atoms with E-state index in [1.165, 1.54) is 12.8 Å². The van der Waals surface area contributed by atoms with Gasteiger partial charge in [-0.1, -0.05) is 6.92 Å². The molecule has 0 aliphatic heterocycles. The van der Waals surface area contributed by atoms with Gasteiger partial charge >= 0.3 is 0 Å². The molecule has 1 fully saturated rings. The minimum atomic E-state index is -0.120. The summed E-state index contributed by atoms with van der Waals surface area (Å²) in [6, 6.07) is 5.80. The third kappa shape index (κ3) is 5.10. The number of aromatic nitrogens is 4. The summed E-state index contributed by atoms with van der Waals surface area (Å²) in [7, 11) is 0. The second-order valence-corrected chi connectivity index (χ2v) is 8.38. The molecule has 31 heavy (non-hydrogen) atoms. The van der Waals surface area contributed by atoms with E-state index >= 15 is 0 Å². The molecule has 3 aromatic rings. The minimum Gasteiger partial charge on any atom is -0.378 e. The second-order valence-electron chi connectivity index (χ2n) is 8.38. The maximum atomic E-state index is 12.9. The zero-order chi connectivity index (χ0) is 21.6. The lowest BCUT2D eigenvalue weighted by Gasteiger charge is -2.28. The first-order chi connectivity index (χ1) is 15.2. The van der Waals surface area contributed by atoms with E-state index in [2.05, 4.69) is 22.3 Å². The molecule has 3 aromatic heterocycles. The molecule has 4 rings (SSSR count). The van der Waals surface area contributed by atoms with Crippen molar-refractivity contribution in [1.82, 2.24) is 24.9 Å². The van der Waals surface area contributed by atoms with Gasteiger partial charge in [-0.25, -0.2) is 9.50 Å². The average Bonchev–Trinajstić information content (AvgIpc) is 3.24. The summed E-state index contributed by atoms with van der Waals surface area (Å²) in [5, 5.41) is 7.44. The third-order valence-electron chi connectivity index (χ3n) is 6.04. The Morgan fingerprint density at radius 1 is 1.26 bits per heavy atom. The summed E-state index contributed by atoms with van der Waals surface area (Å²) in [5.74, 6) is 0.536. The predicted octanol–water partition coefficient (Wildman–Crippen LogP) is 4.21. The van der Waals surface area contributed by atoms with Crippen LogP contribution in [-0.2, 0) is 4.74 Å². The second kappa shape index (κ2) is 10.0. The van der Waals surface area contributed by atoms with Crippen molar-refractivity contribution >= 4 is 11.6 Å². The Morgan fingerprint density at radius 3 is 2.84 bits per heavy atom. The van der Waals surface area contributed by atoms with Crippen molar-refractivity contribution in [1.29, 1.82) is 0 Å². The monoisotopic (exact) mass is 421 g/mol. The summed E-state index contributed by atoms with van der Waals surface area (Å²) >= 11 is 0. The smallest absolute Gasteiger partial charge is 0.256 e. The number of carbonyl (C=O) groups is 1. The number of hydrogen-bond donors (Lipinski definition) is 1. The molecule has 164 valence electrons. The van der Waals surface area contributed by atoms with E-state index in [4.69, 9.17) is 9.72 Å². The average molecular weight is 422 g/mol. The lowest BCUT2D eigenvalue weighted by atomic mass is 9.85. The molecule has 1 N–H and O–H groups in total. The highest BCUT2D eigenvalue weighted by Crippen LogP contribution is 2.28. The first-order valence-electron chi connectivity index (χ1n) is 11.3. The Balaban J connectivity index is 1.37. The van der Waals surface area contributed by atoms with Crippen LogP contribution in [0.1, 0.15) is 61.5 Å². The number of aryl methyl sites for hydroxylation is 1. The Bertz CT molecular complexity index is 1010. The zero-order valence-corrected chi connectivity index (χ0v) is 18.4. The summed E-state index contributed by atoms with van der Waals surface area (Å²) in [6.45, 7) is 5.64. The van der Waals surface area contributed by atoms with Crippen molar-refractivity contribution in [3.05, 3.63) is 48.0 Å². The molecule has 7 heteroatoms. The molecule has 7 nitrogen and oxygen atoms in total. The molecule has 1 aliphatic carbocycles. The normalized spacial score (nSPS) is 18.9. The van der Waals surface area contributed by atoms with Gasteiger partial charge in [0.05, 0.1) is 18.0 Å². The van der Waals surface area contributed by atoms with E-state index in [0.717, 1.165) is 49.2 Å². The number of amides is 1. The van der Waals surface area contributed by atoms with Crippen molar-refractivity contribution in [2.45, 2.75) is 58.5 Å². The van der Waals surface area contributed by atoms with E-state index in [1.807, 2.05) is 25.1 Å². The van der Waals surface area contributed by atoms with Crippen LogP contribution in [0.5, 0.6) is 0 Å². The number of rotatable bonds is 8. The fraction of sp³-hybridized carbons (Fsp3) is 0.500. The van der Waals surface area contributed by atoms with Crippen LogP contribution < -0.4 is 5.32 Å². The van der Waals surface area contributed by atoms with Crippen molar-refractivity contribution in [2.75, 3.05) is 13.2 Å². The predicted molar refractivity (Wildman–Crippen MR) is 120 cm³/mol. The molecule has 0 aromatic carbocycles. The molecular formula is C24H31N5O2. The van der Waals surface area contributed by atoms with Crippen LogP contribution >= 0.6 is 0 Å². The van der Waals surface area contributed by atoms with Gasteiger partial charge in [0.1, 0.15) is 5.56 Å². The quantitative estimate of drug-likeness (QED) is 0.589. The molecule has 0 saturated heterocycles. The van der Waals surface area contributed by atoms with Crippen molar-refractivity contribution in [3.8, 4) is 11.3 Å². The Labute approximate surface area is 183 Å². The Morgan fingerprint density at radius 2 is 2.10 bits per heavy atom. The molecular weight excluding hydrogens is 390 g/mol. The van der Waals surface area contributed by atoms with Gasteiger partial charge in [0, 0.05) is 36.8 Å². The Hall–Kier alpha value is -2.80. The van der Waals surface area contributed by atoms with Gasteiger partial charge in [0.25, 0.3) is 5.91 Å². The molecule has 0 bridgehead atoms. The number of ether oxygens (including phenoxy) is 1. The van der Waals surface area contributed by atoms with Crippen LogP contribution in [0, 0.1) is 12.8 Å². The summed E-state index contributed by atoms with van der Waals surface area (Å²) in [6.07, 6.45) is 12.2. The van der Waals surface area contributed by atoms with Gasteiger partial charge in [-0.3, -0.25) is 9.78 Å². The van der Waals surface area contributed by atoms with Crippen LogP contribution in [0.25, 0.3) is 16.9 Å². The summed E-state index contributed by atoms with van der Waals surface area (Å²) in [4.78, 5) is 21.7. The maximum Gasteiger partial charge on any atom is 0.256 e. The SMILES string of the molecule is CCCOC1CCC(CCNC(=O)c2cnn3c(C)cc(-c4cccnc4)nc23)CC1. The molecule has 0 unspecified atom stereocenters. The summed E-state index contributed by atoms with van der Waals surface area (Å²) in [5.41, 5.74) is 3.70. The highest BCUT2D eigenvalue weighted by Gasteiger charge is 2.22. The van der Waals surface area contributed by atoms with Gasteiger partial charge in [0.2, 0.25) is 0 Å². The first kappa shape index (κ1) is 21.4. The number of nitrogens with one attached hydrogen (secondary N) is 1.